The topological polar surface area (TPSA) is 42.2 Å². The van der Waals surface area contributed by atoms with Crippen molar-refractivity contribution in [2.75, 3.05) is 12.8 Å². The number of aromatic nitrogens is 1. The first kappa shape index (κ1) is 13.0. The van der Waals surface area contributed by atoms with E-state index in [1.807, 2.05) is 19.4 Å². The molecule has 0 aliphatic carbocycles. The van der Waals surface area contributed by atoms with Crippen LogP contribution in [0.3, 0.4) is 0 Å². The van der Waals surface area contributed by atoms with E-state index in [4.69, 9.17) is 5.73 Å². The van der Waals surface area contributed by atoms with Gasteiger partial charge in [-0.05, 0) is 37.7 Å². The number of nitrogens with zero attached hydrogens (tertiary/aromatic N) is 2. The normalized spacial score (nSPS) is 11.1. The van der Waals surface area contributed by atoms with Gasteiger partial charge in [0.1, 0.15) is 5.82 Å². The minimum absolute atomic E-state index is 0.253. The molecule has 0 aliphatic heterocycles. The summed E-state index contributed by atoms with van der Waals surface area (Å²) >= 11 is 1.64. The van der Waals surface area contributed by atoms with E-state index in [0.717, 1.165) is 22.8 Å². The number of benzene rings is 1. The second-order valence-electron chi connectivity index (χ2n) is 4.37. The Balaban J connectivity index is 2.02. The molecule has 2 aromatic rings. The third-order valence-electron chi connectivity index (χ3n) is 2.64. The van der Waals surface area contributed by atoms with E-state index in [2.05, 4.69) is 9.88 Å². The van der Waals surface area contributed by atoms with Crippen molar-refractivity contribution in [3.8, 4) is 0 Å². The molecule has 0 spiro atoms. The largest absolute Gasteiger partial charge is 0.398 e. The first-order chi connectivity index (χ1) is 8.54. The van der Waals surface area contributed by atoms with Crippen LogP contribution in [0.2, 0.25) is 0 Å². The zero-order valence-corrected chi connectivity index (χ0v) is 11.3. The van der Waals surface area contributed by atoms with E-state index >= 15 is 0 Å². The van der Waals surface area contributed by atoms with Gasteiger partial charge in [-0.3, -0.25) is 4.90 Å². The molecule has 1 heterocycles. The molecule has 1 aromatic heterocycles. The number of thiazole rings is 1. The van der Waals surface area contributed by atoms with E-state index in [1.165, 1.54) is 12.1 Å². The van der Waals surface area contributed by atoms with Crippen molar-refractivity contribution in [2.24, 2.45) is 0 Å². The van der Waals surface area contributed by atoms with Crippen molar-refractivity contribution in [3.63, 3.8) is 0 Å². The molecule has 0 unspecified atom stereocenters. The Morgan fingerprint density at radius 3 is 2.83 bits per heavy atom. The Hall–Kier alpha value is -1.46. The van der Waals surface area contributed by atoms with Crippen LogP contribution in [0, 0.1) is 12.7 Å². The second-order valence-corrected chi connectivity index (χ2v) is 5.44. The molecule has 18 heavy (non-hydrogen) atoms. The summed E-state index contributed by atoms with van der Waals surface area (Å²) in [6.45, 7) is 3.33. The Kier molecular flexibility index (Phi) is 3.93. The molecule has 0 bridgehead atoms. The van der Waals surface area contributed by atoms with E-state index < -0.39 is 0 Å². The molecule has 0 atom stereocenters. The van der Waals surface area contributed by atoms with Crippen LogP contribution in [-0.4, -0.2) is 16.9 Å². The van der Waals surface area contributed by atoms with E-state index in [1.54, 1.807) is 17.4 Å². The third kappa shape index (κ3) is 3.27. The summed E-state index contributed by atoms with van der Waals surface area (Å²) in [5.41, 5.74) is 8.30. The number of anilines is 1. The third-order valence-corrected chi connectivity index (χ3v) is 3.47. The highest BCUT2D eigenvalue weighted by atomic mass is 32.1. The Morgan fingerprint density at radius 2 is 2.17 bits per heavy atom. The van der Waals surface area contributed by atoms with Gasteiger partial charge in [-0.2, -0.15) is 0 Å². The highest BCUT2D eigenvalue weighted by Gasteiger charge is 2.07. The molecule has 0 saturated heterocycles. The number of rotatable bonds is 4. The molecule has 5 heteroatoms. The smallest absolute Gasteiger partial charge is 0.123 e. The highest BCUT2D eigenvalue weighted by Crippen LogP contribution is 2.17. The SMILES string of the molecule is Cc1nc(CN(C)Cc2cc(F)ccc2N)cs1. The molecule has 0 radical (unpaired) electrons. The Labute approximate surface area is 110 Å². The van der Waals surface area contributed by atoms with E-state index in [-0.39, 0.29) is 5.82 Å². The van der Waals surface area contributed by atoms with Crippen LogP contribution in [0.5, 0.6) is 0 Å². The van der Waals surface area contributed by atoms with Gasteiger partial charge >= 0.3 is 0 Å². The summed E-state index contributed by atoms with van der Waals surface area (Å²) in [4.78, 5) is 6.47. The molecule has 96 valence electrons. The molecule has 0 saturated carbocycles. The lowest BCUT2D eigenvalue weighted by Crippen LogP contribution is -2.18. The summed E-state index contributed by atoms with van der Waals surface area (Å²) in [5.74, 6) is -0.253. The fourth-order valence-corrected chi connectivity index (χ4v) is 2.42. The van der Waals surface area contributed by atoms with Crippen LogP contribution in [0.4, 0.5) is 10.1 Å². The summed E-state index contributed by atoms with van der Waals surface area (Å²) in [6, 6.07) is 4.46. The van der Waals surface area contributed by atoms with E-state index in [9.17, 15) is 4.39 Å². The minimum atomic E-state index is -0.253. The number of halogens is 1. The fourth-order valence-electron chi connectivity index (χ4n) is 1.82. The Morgan fingerprint density at radius 1 is 1.39 bits per heavy atom. The van der Waals surface area contributed by atoms with Gasteiger partial charge < -0.3 is 5.73 Å². The number of hydrogen-bond acceptors (Lipinski definition) is 4. The number of aryl methyl sites for hydroxylation is 1. The molecule has 1 aromatic carbocycles. The quantitative estimate of drug-likeness (QED) is 0.864. The molecule has 3 nitrogen and oxygen atoms in total. The predicted octanol–water partition coefficient (Wildman–Crippen LogP) is 2.80. The van der Waals surface area contributed by atoms with E-state index in [0.29, 0.717) is 12.2 Å². The average Bonchev–Trinajstić information content (AvgIpc) is 2.69. The van der Waals surface area contributed by atoms with Gasteiger partial charge in [-0.15, -0.1) is 11.3 Å². The molecule has 2 rings (SSSR count). The van der Waals surface area contributed by atoms with Gasteiger partial charge in [0, 0.05) is 24.2 Å². The van der Waals surface area contributed by atoms with Crippen LogP contribution in [-0.2, 0) is 13.1 Å². The molecule has 0 aliphatic rings. The average molecular weight is 265 g/mol. The zero-order chi connectivity index (χ0) is 13.1. The number of nitrogens with two attached hydrogens (primary N) is 1. The van der Waals surface area contributed by atoms with Gasteiger partial charge in [0.15, 0.2) is 0 Å². The summed E-state index contributed by atoms with van der Waals surface area (Å²) in [7, 11) is 1.97. The van der Waals surface area contributed by atoms with Gasteiger partial charge in [0.2, 0.25) is 0 Å². The van der Waals surface area contributed by atoms with Gasteiger partial charge in [0.05, 0.1) is 10.7 Å². The Bertz CT molecular complexity index is 539. The van der Waals surface area contributed by atoms with Crippen LogP contribution < -0.4 is 5.73 Å². The molecular weight excluding hydrogens is 249 g/mol. The standard InChI is InChI=1S/C13H16FN3S/c1-9-16-12(8-18-9)7-17(2)6-10-5-11(14)3-4-13(10)15/h3-5,8H,6-7,15H2,1-2H3. The van der Waals surface area contributed by atoms with Gasteiger partial charge in [-0.1, -0.05) is 0 Å². The maximum atomic E-state index is 13.1. The van der Waals surface area contributed by atoms with Crippen molar-refractivity contribution in [1.29, 1.82) is 0 Å². The van der Waals surface area contributed by atoms with Crippen LogP contribution in [0.15, 0.2) is 23.6 Å². The van der Waals surface area contributed by atoms with Crippen molar-refractivity contribution < 1.29 is 4.39 Å². The lowest BCUT2D eigenvalue weighted by Gasteiger charge is -2.16. The van der Waals surface area contributed by atoms with Crippen molar-refractivity contribution in [3.05, 3.63) is 45.7 Å². The fraction of sp³-hybridized carbons (Fsp3) is 0.308. The maximum absolute atomic E-state index is 13.1. The first-order valence-electron chi connectivity index (χ1n) is 5.68. The second kappa shape index (κ2) is 5.46. The number of hydrogen-bond donors (Lipinski definition) is 1. The lowest BCUT2D eigenvalue weighted by atomic mass is 10.1. The van der Waals surface area contributed by atoms with Crippen LogP contribution >= 0.6 is 11.3 Å². The molecule has 0 fully saturated rings. The van der Waals surface area contributed by atoms with Crippen LogP contribution in [0.1, 0.15) is 16.3 Å². The lowest BCUT2D eigenvalue weighted by molar-refractivity contribution is 0.315. The summed E-state index contributed by atoms with van der Waals surface area (Å²) in [6.07, 6.45) is 0. The molecule has 2 N–H and O–H groups in total. The monoisotopic (exact) mass is 265 g/mol. The van der Waals surface area contributed by atoms with Gasteiger partial charge in [0.25, 0.3) is 0 Å². The zero-order valence-electron chi connectivity index (χ0n) is 10.5. The maximum Gasteiger partial charge on any atom is 0.123 e. The first-order valence-corrected chi connectivity index (χ1v) is 6.56. The molecule has 0 amide bonds. The highest BCUT2D eigenvalue weighted by molar-refractivity contribution is 7.09. The van der Waals surface area contributed by atoms with Gasteiger partial charge in [-0.25, -0.2) is 9.37 Å². The van der Waals surface area contributed by atoms with Crippen molar-refractivity contribution >= 4 is 17.0 Å². The molecular formula is C13H16FN3S. The summed E-state index contributed by atoms with van der Waals surface area (Å²) < 4.78 is 13.1. The number of nitrogen functional groups attached to an aromatic ring is 1. The predicted molar refractivity (Wildman–Crippen MR) is 72.8 cm³/mol. The minimum Gasteiger partial charge on any atom is -0.398 e. The summed E-state index contributed by atoms with van der Waals surface area (Å²) in [5, 5.41) is 3.10. The van der Waals surface area contributed by atoms with Crippen molar-refractivity contribution in [1.82, 2.24) is 9.88 Å². The van der Waals surface area contributed by atoms with Crippen LogP contribution in [0.25, 0.3) is 0 Å². The van der Waals surface area contributed by atoms with Crippen molar-refractivity contribution in [2.45, 2.75) is 20.0 Å².